The molecular weight excluding hydrogens is 352 g/mol. The van der Waals surface area contributed by atoms with Crippen molar-refractivity contribution in [3.8, 4) is 0 Å². The molecule has 0 bridgehead atoms. The fraction of sp³-hybridized carbons (Fsp3) is 0.167. The second kappa shape index (κ2) is 7.24. The lowest BCUT2D eigenvalue weighted by Gasteiger charge is -2.12. The fourth-order valence-electron chi connectivity index (χ4n) is 2.37. The van der Waals surface area contributed by atoms with Crippen molar-refractivity contribution in [1.82, 2.24) is 9.38 Å². The number of nitro groups is 1. The minimum Gasteiger partial charge on any atom is -0.448 e. The zero-order valence-electron chi connectivity index (χ0n) is 14.6. The molecule has 2 heterocycles. The van der Waals surface area contributed by atoms with Crippen LogP contribution in [-0.4, -0.2) is 32.3 Å². The first-order valence-corrected chi connectivity index (χ1v) is 8.05. The van der Waals surface area contributed by atoms with Gasteiger partial charge in [-0.05, 0) is 43.7 Å². The molecule has 1 N–H and O–H groups in total. The van der Waals surface area contributed by atoms with Crippen molar-refractivity contribution >= 4 is 28.9 Å². The predicted molar refractivity (Wildman–Crippen MR) is 96.5 cm³/mol. The number of aryl methyl sites for hydroxylation is 1. The van der Waals surface area contributed by atoms with E-state index in [4.69, 9.17) is 4.74 Å². The summed E-state index contributed by atoms with van der Waals surface area (Å²) in [5.74, 6) is -1.28. The summed E-state index contributed by atoms with van der Waals surface area (Å²) in [7, 11) is 0. The van der Waals surface area contributed by atoms with Crippen LogP contribution in [0, 0.1) is 17.0 Å². The van der Waals surface area contributed by atoms with Crippen LogP contribution in [0.5, 0.6) is 0 Å². The zero-order valence-corrected chi connectivity index (χ0v) is 14.6. The van der Waals surface area contributed by atoms with Gasteiger partial charge in [0.1, 0.15) is 5.65 Å². The number of nitrogens with one attached hydrogen (secondary N) is 1. The minimum absolute atomic E-state index is 0.0884. The van der Waals surface area contributed by atoms with E-state index < -0.39 is 22.9 Å². The molecule has 0 aliphatic carbocycles. The monoisotopic (exact) mass is 368 g/mol. The number of nitro benzene ring substituents is 1. The summed E-state index contributed by atoms with van der Waals surface area (Å²) < 4.78 is 6.84. The van der Waals surface area contributed by atoms with Gasteiger partial charge in [0.2, 0.25) is 0 Å². The first kappa shape index (κ1) is 18.1. The van der Waals surface area contributed by atoms with Crippen molar-refractivity contribution in [2.45, 2.75) is 20.0 Å². The largest absolute Gasteiger partial charge is 0.448 e. The van der Waals surface area contributed by atoms with Gasteiger partial charge in [-0.3, -0.25) is 14.9 Å². The molecule has 1 atom stereocenters. The summed E-state index contributed by atoms with van der Waals surface area (Å²) in [5.41, 5.74) is 1.97. The van der Waals surface area contributed by atoms with Crippen LogP contribution >= 0.6 is 0 Å². The number of non-ortho nitro benzene ring substituents is 1. The van der Waals surface area contributed by atoms with Crippen molar-refractivity contribution in [3.05, 3.63) is 70.2 Å². The molecule has 0 saturated carbocycles. The smallest absolute Gasteiger partial charge is 0.359 e. The molecule has 0 spiro atoms. The van der Waals surface area contributed by atoms with Gasteiger partial charge in [0.15, 0.2) is 11.8 Å². The number of rotatable bonds is 5. The van der Waals surface area contributed by atoms with E-state index in [0.29, 0.717) is 11.3 Å². The van der Waals surface area contributed by atoms with Crippen LogP contribution in [0.15, 0.2) is 48.8 Å². The normalized spacial score (nSPS) is 11.8. The van der Waals surface area contributed by atoms with Crippen LogP contribution in [0.25, 0.3) is 5.65 Å². The highest BCUT2D eigenvalue weighted by atomic mass is 16.6. The van der Waals surface area contributed by atoms with Gasteiger partial charge in [0, 0.05) is 30.2 Å². The van der Waals surface area contributed by atoms with E-state index in [9.17, 15) is 19.7 Å². The van der Waals surface area contributed by atoms with Crippen molar-refractivity contribution < 1.29 is 19.2 Å². The number of esters is 1. The number of pyridine rings is 1. The average molecular weight is 368 g/mol. The molecule has 9 heteroatoms. The lowest BCUT2D eigenvalue weighted by atomic mass is 10.2. The highest BCUT2D eigenvalue weighted by molar-refractivity contribution is 5.97. The lowest BCUT2D eigenvalue weighted by Crippen LogP contribution is -2.30. The third kappa shape index (κ3) is 4.09. The van der Waals surface area contributed by atoms with Gasteiger partial charge < -0.3 is 14.5 Å². The van der Waals surface area contributed by atoms with Gasteiger partial charge in [0.25, 0.3) is 11.6 Å². The number of nitrogens with zero attached hydrogens (tertiary/aromatic N) is 3. The van der Waals surface area contributed by atoms with Gasteiger partial charge in [-0.25, -0.2) is 9.78 Å². The molecule has 1 aromatic carbocycles. The summed E-state index contributed by atoms with van der Waals surface area (Å²) in [6.45, 7) is 3.34. The molecule has 0 aliphatic rings. The molecule has 1 amide bonds. The quantitative estimate of drug-likeness (QED) is 0.420. The Hall–Kier alpha value is -3.75. The summed E-state index contributed by atoms with van der Waals surface area (Å²) in [6.07, 6.45) is 2.23. The highest BCUT2D eigenvalue weighted by Crippen LogP contribution is 2.16. The standard InChI is InChI=1S/C18H16N4O5/c1-11-7-8-21-10-15(20-16(21)9-11)18(24)27-12(2)17(23)19-13-3-5-14(6-4-13)22(25)26/h3-10,12H,1-2H3,(H,19,23). The van der Waals surface area contributed by atoms with Crippen molar-refractivity contribution in [2.75, 3.05) is 5.32 Å². The Morgan fingerprint density at radius 2 is 1.96 bits per heavy atom. The fourth-order valence-corrected chi connectivity index (χ4v) is 2.37. The number of fused-ring (bicyclic) bond motifs is 1. The maximum Gasteiger partial charge on any atom is 0.359 e. The second-order valence-corrected chi connectivity index (χ2v) is 5.94. The van der Waals surface area contributed by atoms with E-state index in [2.05, 4.69) is 10.3 Å². The molecule has 27 heavy (non-hydrogen) atoms. The Morgan fingerprint density at radius 1 is 1.26 bits per heavy atom. The summed E-state index contributed by atoms with van der Waals surface area (Å²) in [6, 6.07) is 9.03. The first-order valence-electron chi connectivity index (χ1n) is 8.05. The van der Waals surface area contributed by atoms with Crippen LogP contribution < -0.4 is 5.32 Å². The number of benzene rings is 1. The Bertz CT molecular complexity index is 1030. The zero-order chi connectivity index (χ0) is 19.6. The van der Waals surface area contributed by atoms with Crippen molar-refractivity contribution in [1.29, 1.82) is 0 Å². The predicted octanol–water partition coefficient (Wildman–Crippen LogP) is 2.73. The van der Waals surface area contributed by atoms with Crippen LogP contribution in [0.1, 0.15) is 23.0 Å². The second-order valence-electron chi connectivity index (χ2n) is 5.94. The van der Waals surface area contributed by atoms with Gasteiger partial charge in [-0.1, -0.05) is 0 Å². The van der Waals surface area contributed by atoms with E-state index in [1.807, 2.05) is 19.1 Å². The van der Waals surface area contributed by atoms with Gasteiger partial charge in [0.05, 0.1) is 4.92 Å². The maximum atomic E-state index is 12.2. The third-order valence-electron chi connectivity index (χ3n) is 3.82. The van der Waals surface area contributed by atoms with E-state index in [0.717, 1.165) is 5.56 Å². The van der Waals surface area contributed by atoms with Gasteiger partial charge in [-0.2, -0.15) is 0 Å². The molecule has 1 unspecified atom stereocenters. The number of carbonyl (C=O) groups is 2. The highest BCUT2D eigenvalue weighted by Gasteiger charge is 2.21. The molecule has 0 fully saturated rings. The van der Waals surface area contributed by atoms with Crippen LogP contribution in [0.2, 0.25) is 0 Å². The van der Waals surface area contributed by atoms with Crippen LogP contribution in [-0.2, 0) is 9.53 Å². The molecule has 0 radical (unpaired) electrons. The molecule has 9 nitrogen and oxygen atoms in total. The molecule has 3 aromatic rings. The summed E-state index contributed by atoms with van der Waals surface area (Å²) in [4.78, 5) is 38.7. The van der Waals surface area contributed by atoms with Gasteiger partial charge >= 0.3 is 5.97 Å². The third-order valence-corrected chi connectivity index (χ3v) is 3.82. The number of ether oxygens (including phenoxy) is 1. The van der Waals surface area contributed by atoms with Crippen molar-refractivity contribution in [2.24, 2.45) is 0 Å². The van der Waals surface area contributed by atoms with Gasteiger partial charge in [-0.15, -0.1) is 0 Å². The number of anilines is 1. The Labute approximate surface area is 153 Å². The maximum absolute atomic E-state index is 12.2. The van der Waals surface area contributed by atoms with Crippen LogP contribution in [0.4, 0.5) is 11.4 Å². The lowest BCUT2D eigenvalue weighted by molar-refractivity contribution is -0.384. The van der Waals surface area contributed by atoms with E-state index in [1.54, 1.807) is 10.6 Å². The molecule has 2 aromatic heterocycles. The SMILES string of the molecule is Cc1ccn2cc(C(=O)OC(C)C(=O)Nc3ccc([N+](=O)[O-])cc3)nc2c1. The topological polar surface area (TPSA) is 116 Å². The molecule has 138 valence electrons. The molecule has 0 aliphatic heterocycles. The number of aromatic nitrogens is 2. The van der Waals surface area contributed by atoms with Crippen molar-refractivity contribution in [3.63, 3.8) is 0 Å². The molecular formula is C18H16N4O5. The number of hydrogen-bond acceptors (Lipinski definition) is 6. The molecule has 3 rings (SSSR count). The minimum atomic E-state index is -1.07. The summed E-state index contributed by atoms with van der Waals surface area (Å²) in [5, 5.41) is 13.2. The summed E-state index contributed by atoms with van der Waals surface area (Å²) >= 11 is 0. The Balaban J connectivity index is 1.64. The number of hydrogen-bond donors (Lipinski definition) is 1. The average Bonchev–Trinajstić information content (AvgIpc) is 3.05. The number of amides is 1. The van der Waals surface area contributed by atoms with E-state index >= 15 is 0 Å². The Kier molecular flexibility index (Phi) is 4.84. The van der Waals surface area contributed by atoms with E-state index in [-0.39, 0.29) is 11.4 Å². The first-order chi connectivity index (χ1) is 12.8. The molecule has 0 saturated heterocycles. The van der Waals surface area contributed by atoms with Crippen LogP contribution in [0.3, 0.4) is 0 Å². The van der Waals surface area contributed by atoms with E-state index in [1.165, 1.54) is 37.4 Å². The number of imidazole rings is 1. The number of carbonyl (C=O) groups excluding carboxylic acids is 2. The Morgan fingerprint density at radius 3 is 2.63 bits per heavy atom.